The third kappa shape index (κ3) is 3.84. The summed E-state index contributed by atoms with van der Waals surface area (Å²) in [6.07, 6.45) is 0.756. The summed E-state index contributed by atoms with van der Waals surface area (Å²) < 4.78 is 5.27. The SMILES string of the molecule is CC(=O)NC1CCN(C(=O)N2CC(C)(OCC(=O)O)C2)C1. The highest BCUT2D eigenvalue weighted by Crippen LogP contribution is 2.26. The summed E-state index contributed by atoms with van der Waals surface area (Å²) in [6, 6.07) is -0.0679. The lowest BCUT2D eigenvalue weighted by atomic mass is 9.97. The Hall–Kier alpha value is -1.83. The zero-order chi connectivity index (χ0) is 15.6. The molecule has 0 saturated carbocycles. The van der Waals surface area contributed by atoms with Crippen molar-refractivity contribution < 1.29 is 24.2 Å². The Morgan fingerprint density at radius 2 is 2.00 bits per heavy atom. The van der Waals surface area contributed by atoms with Crippen LogP contribution in [0.1, 0.15) is 20.3 Å². The molecule has 0 spiro atoms. The van der Waals surface area contributed by atoms with Crippen LogP contribution in [0.25, 0.3) is 0 Å². The van der Waals surface area contributed by atoms with E-state index in [1.54, 1.807) is 16.7 Å². The molecule has 0 aromatic heterocycles. The molecule has 2 N–H and O–H groups in total. The molecule has 0 aromatic carbocycles. The molecule has 2 aliphatic heterocycles. The Kier molecular flexibility index (Phi) is 4.36. The van der Waals surface area contributed by atoms with Crippen molar-refractivity contribution in [3.63, 3.8) is 0 Å². The number of nitrogens with one attached hydrogen (secondary N) is 1. The maximum absolute atomic E-state index is 12.3. The van der Waals surface area contributed by atoms with Crippen LogP contribution in [0.15, 0.2) is 0 Å². The topological polar surface area (TPSA) is 99.2 Å². The van der Waals surface area contributed by atoms with Crippen molar-refractivity contribution in [3.05, 3.63) is 0 Å². The second-order valence-electron chi connectivity index (χ2n) is 5.90. The number of hydrogen-bond acceptors (Lipinski definition) is 4. The van der Waals surface area contributed by atoms with E-state index in [2.05, 4.69) is 5.32 Å². The molecule has 0 aliphatic carbocycles. The Morgan fingerprint density at radius 3 is 2.57 bits per heavy atom. The van der Waals surface area contributed by atoms with Gasteiger partial charge in [-0.25, -0.2) is 9.59 Å². The molecule has 8 nitrogen and oxygen atoms in total. The molecule has 2 rings (SSSR count). The van der Waals surface area contributed by atoms with E-state index < -0.39 is 11.6 Å². The van der Waals surface area contributed by atoms with Gasteiger partial charge in [0.05, 0.1) is 13.1 Å². The van der Waals surface area contributed by atoms with Crippen LogP contribution in [0.2, 0.25) is 0 Å². The molecule has 118 valence electrons. The van der Waals surface area contributed by atoms with Crippen molar-refractivity contribution in [2.45, 2.75) is 31.9 Å². The first-order valence-corrected chi connectivity index (χ1v) is 6.96. The summed E-state index contributed by atoms with van der Waals surface area (Å²) in [5.74, 6) is -1.11. The van der Waals surface area contributed by atoms with E-state index in [1.807, 2.05) is 0 Å². The molecule has 1 unspecified atom stereocenters. The third-order valence-corrected chi connectivity index (χ3v) is 3.73. The van der Waals surface area contributed by atoms with Gasteiger partial charge in [0.25, 0.3) is 0 Å². The number of carbonyl (C=O) groups is 3. The van der Waals surface area contributed by atoms with Crippen molar-refractivity contribution in [1.82, 2.24) is 15.1 Å². The molecule has 2 fully saturated rings. The molecule has 2 heterocycles. The number of likely N-dealkylation sites (tertiary alicyclic amines) is 2. The van der Waals surface area contributed by atoms with E-state index >= 15 is 0 Å². The monoisotopic (exact) mass is 299 g/mol. The molecule has 2 aliphatic rings. The minimum absolute atomic E-state index is 0.0161. The minimum atomic E-state index is -1.02. The first-order valence-electron chi connectivity index (χ1n) is 6.96. The zero-order valence-corrected chi connectivity index (χ0v) is 12.3. The van der Waals surface area contributed by atoms with Crippen LogP contribution in [0, 0.1) is 0 Å². The molecular weight excluding hydrogens is 278 g/mol. The highest BCUT2D eigenvalue weighted by molar-refractivity contribution is 5.77. The Morgan fingerprint density at radius 1 is 1.33 bits per heavy atom. The first-order chi connectivity index (χ1) is 9.79. The number of ether oxygens (including phenoxy) is 1. The average molecular weight is 299 g/mol. The highest BCUT2D eigenvalue weighted by atomic mass is 16.5. The van der Waals surface area contributed by atoms with Crippen molar-refractivity contribution in [2.24, 2.45) is 0 Å². The minimum Gasteiger partial charge on any atom is -0.480 e. The highest BCUT2D eigenvalue weighted by Gasteiger charge is 2.44. The fourth-order valence-corrected chi connectivity index (χ4v) is 2.76. The van der Waals surface area contributed by atoms with Crippen LogP contribution >= 0.6 is 0 Å². The second kappa shape index (κ2) is 5.88. The molecule has 2 saturated heterocycles. The van der Waals surface area contributed by atoms with Gasteiger partial charge in [-0.2, -0.15) is 0 Å². The smallest absolute Gasteiger partial charge is 0.329 e. The first kappa shape index (κ1) is 15.6. The number of carboxylic acids is 1. The summed E-state index contributed by atoms with van der Waals surface area (Å²) in [7, 11) is 0. The molecule has 3 amide bonds. The van der Waals surface area contributed by atoms with Gasteiger partial charge in [-0.3, -0.25) is 4.79 Å². The molecule has 21 heavy (non-hydrogen) atoms. The number of rotatable bonds is 4. The third-order valence-electron chi connectivity index (χ3n) is 3.73. The Labute approximate surface area is 123 Å². The van der Waals surface area contributed by atoms with Gasteiger partial charge in [-0.05, 0) is 13.3 Å². The van der Waals surface area contributed by atoms with E-state index in [9.17, 15) is 14.4 Å². The lowest BCUT2D eigenvalue weighted by Gasteiger charge is -2.48. The van der Waals surface area contributed by atoms with Gasteiger partial charge in [0.1, 0.15) is 12.2 Å². The molecule has 8 heteroatoms. The second-order valence-corrected chi connectivity index (χ2v) is 5.90. The Balaban J connectivity index is 1.76. The largest absolute Gasteiger partial charge is 0.480 e. The van der Waals surface area contributed by atoms with Crippen molar-refractivity contribution in [2.75, 3.05) is 32.8 Å². The van der Waals surface area contributed by atoms with Crippen molar-refractivity contribution >= 4 is 17.9 Å². The summed E-state index contributed by atoms with van der Waals surface area (Å²) in [5.41, 5.74) is -0.579. The summed E-state index contributed by atoms with van der Waals surface area (Å²) in [4.78, 5) is 37.1. The van der Waals surface area contributed by atoms with E-state index in [-0.39, 0.29) is 24.6 Å². The van der Waals surface area contributed by atoms with Gasteiger partial charge < -0.3 is 25.0 Å². The van der Waals surface area contributed by atoms with Crippen LogP contribution in [-0.4, -0.2) is 77.2 Å². The van der Waals surface area contributed by atoms with Gasteiger partial charge in [-0.15, -0.1) is 0 Å². The molecule has 0 bridgehead atoms. The lowest BCUT2D eigenvalue weighted by molar-refractivity contribution is -0.160. The quantitative estimate of drug-likeness (QED) is 0.728. The van der Waals surface area contributed by atoms with Gasteiger partial charge in [0.2, 0.25) is 5.91 Å². The van der Waals surface area contributed by atoms with Crippen LogP contribution in [0.5, 0.6) is 0 Å². The summed E-state index contributed by atoms with van der Waals surface area (Å²) in [5, 5.41) is 11.4. The summed E-state index contributed by atoms with van der Waals surface area (Å²) in [6.45, 7) is 4.82. The molecule has 0 radical (unpaired) electrons. The standard InChI is InChI=1S/C13H21N3O5/c1-9(17)14-10-3-4-15(5-10)12(20)16-7-13(2,8-16)21-6-11(18)19/h10H,3-8H2,1-2H3,(H,14,17)(H,18,19). The maximum Gasteiger partial charge on any atom is 0.329 e. The van der Waals surface area contributed by atoms with Crippen LogP contribution in [-0.2, 0) is 14.3 Å². The lowest BCUT2D eigenvalue weighted by Crippen LogP contribution is -2.65. The van der Waals surface area contributed by atoms with Gasteiger partial charge >= 0.3 is 12.0 Å². The number of carbonyl (C=O) groups excluding carboxylic acids is 2. The van der Waals surface area contributed by atoms with Crippen LogP contribution in [0.4, 0.5) is 4.79 Å². The van der Waals surface area contributed by atoms with Gasteiger partial charge in [-0.1, -0.05) is 0 Å². The van der Waals surface area contributed by atoms with E-state index in [0.29, 0.717) is 26.2 Å². The van der Waals surface area contributed by atoms with E-state index in [4.69, 9.17) is 9.84 Å². The number of nitrogens with zero attached hydrogens (tertiary/aromatic N) is 2. The number of hydrogen-bond donors (Lipinski definition) is 2. The fourth-order valence-electron chi connectivity index (χ4n) is 2.76. The molecule has 1 atom stereocenters. The van der Waals surface area contributed by atoms with Gasteiger partial charge in [0.15, 0.2) is 0 Å². The van der Waals surface area contributed by atoms with E-state index in [1.165, 1.54) is 6.92 Å². The maximum atomic E-state index is 12.3. The van der Waals surface area contributed by atoms with Crippen molar-refractivity contribution in [1.29, 1.82) is 0 Å². The fraction of sp³-hybridized carbons (Fsp3) is 0.769. The normalized spacial score (nSPS) is 23.6. The van der Waals surface area contributed by atoms with Crippen LogP contribution in [0.3, 0.4) is 0 Å². The van der Waals surface area contributed by atoms with Gasteiger partial charge in [0, 0.05) is 26.1 Å². The number of aliphatic carboxylic acids is 1. The zero-order valence-electron chi connectivity index (χ0n) is 12.3. The predicted octanol–water partition coefficient (Wildman–Crippen LogP) is -0.508. The van der Waals surface area contributed by atoms with Crippen molar-refractivity contribution in [3.8, 4) is 0 Å². The number of urea groups is 1. The Bertz CT molecular complexity index is 447. The average Bonchev–Trinajstić information content (AvgIpc) is 2.79. The number of carboxylic acid groups (broad SMARTS) is 1. The predicted molar refractivity (Wildman–Crippen MR) is 72.8 cm³/mol. The number of amides is 3. The van der Waals surface area contributed by atoms with Crippen LogP contribution < -0.4 is 5.32 Å². The molecular formula is C13H21N3O5. The van der Waals surface area contributed by atoms with E-state index in [0.717, 1.165) is 6.42 Å². The summed E-state index contributed by atoms with van der Waals surface area (Å²) >= 11 is 0. The molecule has 0 aromatic rings.